The van der Waals surface area contributed by atoms with Gasteiger partial charge in [0.2, 0.25) is 5.91 Å². The number of methoxy groups -OCH3 is 1. The highest BCUT2D eigenvalue weighted by Gasteiger charge is 2.07. The summed E-state index contributed by atoms with van der Waals surface area (Å²) in [5, 5.41) is 16.3. The number of aliphatic hydroxyl groups excluding tert-OH is 1. The van der Waals surface area contributed by atoms with Crippen LogP contribution in [0.3, 0.4) is 0 Å². The summed E-state index contributed by atoms with van der Waals surface area (Å²) < 4.78 is 6.54. The zero-order chi connectivity index (χ0) is 14.4. The third-order valence-electron chi connectivity index (χ3n) is 2.84. The van der Waals surface area contributed by atoms with E-state index in [1.807, 2.05) is 20.9 Å². The molecule has 19 heavy (non-hydrogen) atoms. The fraction of sp³-hybridized carbons (Fsp3) is 0.538. The zero-order valence-corrected chi connectivity index (χ0v) is 11.8. The third kappa shape index (κ3) is 4.50. The molecule has 0 aliphatic heterocycles. The van der Waals surface area contributed by atoms with Gasteiger partial charge in [-0.1, -0.05) is 0 Å². The Morgan fingerprint density at radius 1 is 1.58 bits per heavy atom. The van der Waals surface area contributed by atoms with Crippen LogP contribution in [0.25, 0.3) is 6.08 Å². The van der Waals surface area contributed by atoms with Crippen molar-refractivity contribution in [3.8, 4) is 0 Å². The van der Waals surface area contributed by atoms with Crippen molar-refractivity contribution in [1.82, 2.24) is 15.1 Å². The average Bonchev–Trinajstić information content (AvgIpc) is 2.59. The summed E-state index contributed by atoms with van der Waals surface area (Å²) in [7, 11) is 3.36. The monoisotopic (exact) mass is 267 g/mol. The van der Waals surface area contributed by atoms with E-state index < -0.39 is 6.10 Å². The summed E-state index contributed by atoms with van der Waals surface area (Å²) in [4.78, 5) is 11.6. The Morgan fingerprint density at radius 2 is 2.26 bits per heavy atom. The van der Waals surface area contributed by atoms with Gasteiger partial charge >= 0.3 is 0 Å². The second-order valence-corrected chi connectivity index (χ2v) is 4.40. The highest BCUT2D eigenvalue weighted by molar-refractivity contribution is 5.92. The SMILES string of the molecule is COCC(O)CNC(=O)C=Cc1c(C)nn(C)c1C. The van der Waals surface area contributed by atoms with Crippen LogP contribution in [0.4, 0.5) is 0 Å². The van der Waals surface area contributed by atoms with Crippen molar-refractivity contribution in [2.24, 2.45) is 7.05 Å². The first-order valence-electron chi connectivity index (χ1n) is 6.08. The molecule has 1 heterocycles. The van der Waals surface area contributed by atoms with Crippen LogP contribution in [0.2, 0.25) is 0 Å². The van der Waals surface area contributed by atoms with Gasteiger partial charge in [0.1, 0.15) is 0 Å². The number of carbonyl (C=O) groups excluding carboxylic acids is 1. The van der Waals surface area contributed by atoms with E-state index in [0.29, 0.717) is 0 Å². The number of aryl methyl sites for hydroxylation is 2. The smallest absolute Gasteiger partial charge is 0.244 e. The topological polar surface area (TPSA) is 76.4 Å². The van der Waals surface area contributed by atoms with Crippen LogP contribution in [-0.2, 0) is 16.6 Å². The molecular formula is C13H21N3O3. The molecule has 1 aromatic heterocycles. The van der Waals surface area contributed by atoms with Crippen molar-refractivity contribution in [2.45, 2.75) is 20.0 Å². The Kier molecular flexibility index (Phi) is 5.72. The van der Waals surface area contributed by atoms with Crippen LogP contribution in [0, 0.1) is 13.8 Å². The number of rotatable bonds is 6. The van der Waals surface area contributed by atoms with Gasteiger partial charge in [-0.05, 0) is 19.9 Å². The van der Waals surface area contributed by atoms with Gasteiger partial charge in [0.25, 0.3) is 0 Å². The molecular weight excluding hydrogens is 246 g/mol. The number of nitrogens with zero attached hydrogens (tertiary/aromatic N) is 2. The summed E-state index contributed by atoms with van der Waals surface area (Å²) in [6.45, 7) is 4.21. The van der Waals surface area contributed by atoms with E-state index in [1.165, 1.54) is 13.2 Å². The first kappa shape index (κ1) is 15.4. The fourth-order valence-corrected chi connectivity index (χ4v) is 1.72. The molecule has 0 radical (unpaired) electrons. The van der Waals surface area contributed by atoms with E-state index in [-0.39, 0.29) is 19.1 Å². The van der Waals surface area contributed by atoms with Gasteiger partial charge in [0.05, 0.1) is 18.4 Å². The standard InChI is InChI=1S/C13H21N3O3/c1-9-12(10(2)16(3)15-9)5-6-13(18)14-7-11(17)8-19-4/h5-6,11,17H,7-8H2,1-4H3,(H,14,18). The highest BCUT2D eigenvalue weighted by atomic mass is 16.5. The number of ether oxygens (including phenoxy) is 1. The van der Waals surface area contributed by atoms with Crippen molar-refractivity contribution < 1.29 is 14.6 Å². The van der Waals surface area contributed by atoms with Gasteiger partial charge in [0.15, 0.2) is 0 Å². The molecule has 0 aliphatic carbocycles. The molecule has 1 amide bonds. The minimum Gasteiger partial charge on any atom is -0.389 e. The number of aliphatic hydroxyl groups is 1. The molecule has 0 aromatic carbocycles. The first-order valence-corrected chi connectivity index (χ1v) is 6.08. The quantitative estimate of drug-likeness (QED) is 0.721. The average molecular weight is 267 g/mol. The molecule has 0 bridgehead atoms. The van der Waals surface area contributed by atoms with Crippen LogP contribution in [-0.4, -0.2) is 47.2 Å². The summed E-state index contributed by atoms with van der Waals surface area (Å²) in [6.07, 6.45) is 2.48. The maximum Gasteiger partial charge on any atom is 0.244 e. The van der Waals surface area contributed by atoms with Gasteiger partial charge < -0.3 is 15.2 Å². The normalized spacial score (nSPS) is 12.9. The Bertz CT molecular complexity index is 466. The summed E-state index contributed by atoms with van der Waals surface area (Å²) in [6, 6.07) is 0. The molecule has 1 rings (SSSR count). The molecule has 106 valence electrons. The number of hydrogen-bond donors (Lipinski definition) is 2. The van der Waals surface area contributed by atoms with Crippen LogP contribution < -0.4 is 5.32 Å². The molecule has 0 fully saturated rings. The molecule has 6 nitrogen and oxygen atoms in total. The zero-order valence-electron chi connectivity index (χ0n) is 11.8. The van der Waals surface area contributed by atoms with E-state index in [1.54, 1.807) is 10.8 Å². The molecule has 0 saturated carbocycles. The lowest BCUT2D eigenvalue weighted by Crippen LogP contribution is -2.33. The molecule has 0 aliphatic rings. The predicted molar refractivity (Wildman–Crippen MR) is 72.6 cm³/mol. The molecule has 0 saturated heterocycles. The van der Waals surface area contributed by atoms with Gasteiger partial charge in [-0.15, -0.1) is 0 Å². The fourth-order valence-electron chi connectivity index (χ4n) is 1.72. The highest BCUT2D eigenvalue weighted by Crippen LogP contribution is 2.13. The Hall–Kier alpha value is -1.66. The van der Waals surface area contributed by atoms with Crippen LogP contribution in [0.5, 0.6) is 0 Å². The van der Waals surface area contributed by atoms with Gasteiger partial charge in [-0.3, -0.25) is 9.48 Å². The van der Waals surface area contributed by atoms with Crippen LogP contribution >= 0.6 is 0 Å². The van der Waals surface area contributed by atoms with Gasteiger partial charge in [-0.2, -0.15) is 5.10 Å². The van der Waals surface area contributed by atoms with Crippen LogP contribution in [0.15, 0.2) is 6.08 Å². The van der Waals surface area contributed by atoms with Gasteiger partial charge in [0, 0.05) is 38.0 Å². The van der Waals surface area contributed by atoms with E-state index in [0.717, 1.165) is 17.0 Å². The lowest BCUT2D eigenvalue weighted by Gasteiger charge is -2.08. The number of aromatic nitrogens is 2. The maximum absolute atomic E-state index is 11.6. The summed E-state index contributed by atoms with van der Waals surface area (Å²) in [5.74, 6) is -0.252. The molecule has 1 unspecified atom stereocenters. The van der Waals surface area contributed by atoms with Crippen molar-refractivity contribution >= 4 is 12.0 Å². The Balaban J connectivity index is 2.54. The molecule has 2 N–H and O–H groups in total. The minimum atomic E-state index is -0.691. The lowest BCUT2D eigenvalue weighted by molar-refractivity contribution is -0.117. The Labute approximate surface area is 113 Å². The van der Waals surface area contributed by atoms with Crippen molar-refractivity contribution in [2.75, 3.05) is 20.3 Å². The molecule has 6 heteroatoms. The Morgan fingerprint density at radius 3 is 2.79 bits per heavy atom. The summed E-state index contributed by atoms with van der Waals surface area (Å²) >= 11 is 0. The number of nitrogens with one attached hydrogen (secondary N) is 1. The van der Waals surface area contributed by atoms with Crippen molar-refractivity contribution in [1.29, 1.82) is 0 Å². The minimum absolute atomic E-state index is 0.169. The molecule has 0 spiro atoms. The number of hydrogen-bond acceptors (Lipinski definition) is 4. The molecule has 1 aromatic rings. The first-order chi connectivity index (χ1) is 8.95. The second-order valence-electron chi connectivity index (χ2n) is 4.40. The van der Waals surface area contributed by atoms with Gasteiger partial charge in [-0.25, -0.2) is 0 Å². The third-order valence-corrected chi connectivity index (χ3v) is 2.84. The van der Waals surface area contributed by atoms with Crippen LogP contribution in [0.1, 0.15) is 17.0 Å². The summed E-state index contributed by atoms with van der Waals surface area (Å²) in [5.41, 5.74) is 2.82. The van der Waals surface area contributed by atoms with E-state index >= 15 is 0 Å². The van der Waals surface area contributed by atoms with E-state index in [9.17, 15) is 9.90 Å². The van der Waals surface area contributed by atoms with E-state index in [2.05, 4.69) is 10.4 Å². The predicted octanol–water partition coefficient (Wildman–Crippen LogP) is 0.174. The van der Waals surface area contributed by atoms with E-state index in [4.69, 9.17) is 4.74 Å². The largest absolute Gasteiger partial charge is 0.389 e. The maximum atomic E-state index is 11.6. The van der Waals surface area contributed by atoms with Crippen molar-refractivity contribution in [3.05, 3.63) is 23.0 Å². The van der Waals surface area contributed by atoms with Crippen molar-refractivity contribution in [3.63, 3.8) is 0 Å². The second kappa shape index (κ2) is 7.06. The lowest BCUT2D eigenvalue weighted by atomic mass is 10.2. The number of amides is 1. The number of carbonyl (C=O) groups is 1. The molecule has 1 atom stereocenters.